The lowest BCUT2D eigenvalue weighted by molar-refractivity contribution is 0.0817. The number of rotatable bonds is 12. The highest BCUT2D eigenvalue weighted by Crippen LogP contribution is 2.11. The molecule has 8 nitrogen and oxygen atoms in total. The number of carbonyl (C=O) groups is 8. The molecule has 0 fully saturated rings. The minimum absolute atomic E-state index is 0. The molecule has 8 rings (SSSR count). The summed E-state index contributed by atoms with van der Waals surface area (Å²) in [6, 6.07) is 68.6. The fourth-order valence-electron chi connectivity index (χ4n) is 5.76. The smallest absolute Gasteiger partial charge is 0.233 e. The molecule has 0 aliphatic carbocycles. The van der Waals surface area contributed by atoms with Gasteiger partial charge in [0.1, 0.15) is 0 Å². The molecular formula is C56H44O8S2. The van der Waals surface area contributed by atoms with Gasteiger partial charge < -0.3 is 0 Å². The van der Waals surface area contributed by atoms with Gasteiger partial charge >= 0.3 is 0 Å². The van der Waals surface area contributed by atoms with E-state index in [1.165, 1.54) is 0 Å². The van der Waals surface area contributed by atoms with E-state index in [4.69, 9.17) is 0 Å². The fourth-order valence-corrected chi connectivity index (χ4v) is 5.76. The molecule has 0 amide bonds. The van der Waals surface area contributed by atoms with E-state index < -0.39 is 46.3 Å². The SMILES string of the molecule is O=C(C(=O)c1ccccc1)c1ccccc1.O=C(C(=O)c1ccccc1)c1ccccc1.O=C(C(=O)c1ccccc1)c1ccccc1.O=C(C(=O)c1ccccc1)c1ccccc1.S.S. The molecular weight excluding hydrogens is 865 g/mol. The lowest BCUT2D eigenvalue weighted by atomic mass is 10.0. The first-order valence-corrected chi connectivity index (χ1v) is 19.9. The van der Waals surface area contributed by atoms with Gasteiger partial charge in [-0.1, -0.05) is 243 Å². The maximum absolute atomic E-state index is 11.8. The summed E-state index contributed by atoms with van der Waals surface area (Å²) in [5.41, 5.74) is 3.42. The van der Waals surface area contributed by atoms with Crippen molar-refractivity contribution >= 4 is 73.3 Å². The summed E-state index contributed by atoms with van der Waals surface area (Å²) in [5.74, 6) is -3.73. The lowest BCUT2D eigenvalue weighted by Crippen LogP contribution is -2.14. The average Bonchev–Trinajstić information content (AvgIpc) is 3.39. The van der Waals surface area contributed by atoms with E-state index in [1.54, 1.807) is 194 Å². The van der Waals surface area contributed by atoms with Gasteiger partial charge in [-0.05, 0) is 0 Å². The standard InChI is InChI=1S/4C14H10O2.2H2S/c4*15-13(11-7-3-1-4-8-11)14(16)12-9-5-2-6-10-12;;/h4*1-10H;2*1H2. The largest absolute Gasteiger partial charge is 0.285 e. The van der Waals surface area contributed by atoms with Gasteiger partial charge in [-0.25, -0.2) is 0 Å². The van der Waals surface area contributed by atoms with Crippen LogP contribution in [0, 0.1) is 0 Å². The zero-order valence-corrected chi connectivity index (χ0v) is 37.4. The molecule has 0 saturated heterocycles. The maximum Gasteiger partial charge on any atom is 0.233 e. The summed E-state index contributed by atoms with van der Waals surface area (Å²) in [6.45, 7) is 0. The van der Waals surface area contributed by atoms with Gasteiger partial charge in [-0.15, -0.1) is 0 Å². The number of carbonyl (C=O) groups excluding carboxylic acids is 8. The van der Waals surface area contributed by atoms with E-state index in [9.17, 15) is 38.4 Å². The van der Waals surface area contributed by atoms with Crippen LogP contribution in [0.4, 0.5) is 0 Å². The quantitative estimate of drug-likeness (QED) is 0.0873. The second kappa shape index (κ2) is 27.8. The predicted octanol–water partition coefficient (Wildman–Crippen LogP) is 11.2. The maximum atomic E-state index is 11.8. The van der Waals surface area contributed by atoms with Crippen molar-refractivity contribution in [3.05, 3.63) is 287 Å². The third-order valence-electron chi connectivity index (χ3n) is 9.11. The average molecular weight is 909 g/mol. The molecule has 8 aromatic rings. The number of benzene rings is 8. The van der Waals surface area contributed by atoms with Crippen molar-refractivity contribution in [1.82, 2.24) is 0 Å². The monoisotopic (exact) mass is 908 g/mol. The van der Waals surface area contributed by atoms with E-state index in [2.05, 4.69) is 0 Å². The first-order chi connectivity index (χ1) is 31.2. The predicted molar refractivity (Wildman–Crippen MR) is 267 cm³/mol. The van der Waals surface area contributed by atoms with E-state index in [-0.39, 0.29) is 27.0 Å². The molecule has 0 unspecified atom stereocenters. The highest BCUT2D eigenvalue weighted by atomic mass is 32.1. The molecule has 328 valence electrons. The van der Waals surface area contributed by atoms with Crippen LogP contribution >= 0.6 is 27.0 Å². The highest BCUT2D eigenvalue weighted by molar-refractivity contribution is 7.59. The molecule has 10 heteroatoms. The van der Waals surface area contributed by atoms with Crippen LogP contribution in [0.3, 0.4) is 0 Å². The molecule has 0 aliphatic rings. The highest BCUT2D eigenvalue weighted by Gasteiger charge is 2.20. The second-order valence-corrected chi connectivity index (χ2v) is 13.6. The third kappa shape index (κ3) is 15.6. The van der Waals surface area contributed by atoms with Crippen molar-refractivity contribution < 1.29 is 38.4 Å². The summed E-state index contributed by atoms with van der Waals surface area (Å²) in [7, 11) is 0. The molecule has 0 saturated carbocycles. The first-order valence-electron chi connectivity index (χ1n) is 19.9. The molecule has 66 heavy (non-hydrogen) atoms. The van der Waals surface area contributed by atoms with Crippen molar-refractivity contribution in [2.75, 3.05) is 0 Å². The van der Waals surface area contributed by atoms with Crippen LogP contribution in [0.1, 0.15) is 82.9 Å². The van der Waals surface area contributed by atoms with Crippen molar-refractivity contribution in [2.24, 2.45) is 0 Å². The second-order valence-electron chi connectivity index (χ2n) is 13.6. The molecule has 0 aromatic heterocycles. The van der Waals surface area contributed by atoms with Crippen LogP contribution in [0.25, 0.3) is 0 Å². The lowest BCUT2D eigenvalue weighted by Gasteiger charge is -1.99. The topological polar surface area (TPSA) is 137 Å². The van der Waals surface area contributed by atoms with Crippen LogP contribution < -0.4 is 0 Å². The van der Waals surface area contributed by atoms with Crippen LogP contribution in [0.2, 0.25) is 0 Å². The normalized spacial score (nSPS) is 9.45. The molecule has 0 atom stereocenters. The summed E-state index contributed by atoms with van der Waals surface area (Å²) < 4.78 is 0. The van der Waals surface area contributed by atoms with E-state index in [0.29, 0.717) is 44.5 Å². The Bertz CT molecular complexity index is 2210. The molecule has 0 aliphatic heterocycles. The molecule has 0 spiro atoms. The van der Waals surface area contributed by atoms with E-state index in [1.807, 2.05) is 48.5 Å². The first kappa shape index (κ1) is 52.2. The van der Waals surface area contributed by atoms with Gasteiger partial charge in [0.2, 0.25) is 46.3 Å². The number of hydrogen-bond donors (Lipinski definition) is 0. The van der Waals surface area contributed by atoms with E-state index in [0.717, 1.165) is 0 Å². The Balaban J connectivity index is 0.000000231. The molecule has 0 radical (unpaired) electrons. The van der Waals surface area contributed by atoms with Gasteiger partial charge in [-0.2, -0.15) is 27.0 Å². The van der Waals surface area contributed by atoms with Gasteiger partial charge in [0, 0.05) is 44.5 Å². The molecule has 0 heterocycles. The minimum atomic E-state index is -0.466. The minimum Gasteiger partial charge on any atom is -0.285 e. The van der Waals surface area contributed by atoms with Crippen molar-refractivity contribution in [2.45, 2.75) is 0 Å². The zero-order chi connectivity index (χ0) is 45.5. The summed E-state index contributed by atoms with van der Waals surface area (Å²) in [4.78, 5) is 94.4. The Labute approximate surface area is 396 Å². The van der Waals surface area contributed by atoms with Gasteiger partial charge in [0.05, 0.1) is 0 Å². The van der Waals surface area contributed by atoms with Crippen LogP contribution in [0.5, 0.6) is 0 Å². The molecule has 0 bridgehead atoms. The van der Waals surface area contributed by atoms with Crippen LogP contribution in [-0.4, -0.2) is 46.3 Å². The van der Waals surface area contributed by atoms with Crippen LogP contribution in [-0.2, 0) is 0 Å². The van der Waals surface area contributed by atoms with Crippen molar-refractivity contribution in [1.29, 1.82) is 0 Å². The van der Waals surface area contributed by atoms with Crippen molar-refractivity contribution in [3.8, 4) is 0 Å². The Kier molecular flexibility index (Phi) is 22.0. The van der Waals surface area contributed by atoms with Crippen molar-refractivity contribution in [3.63, 3.8) is 0 Å². The molecule has 8 aromatic carbocycles. The third-order valence-corrected chi connectivity index (χ3v) is 9.11. The van der Waals surface area contributed by atoms with Gasteiger partial charge in [0.25, 0.3) is 0 Å². The number of Topliss-reactive ketones (excluding diaryl/α,β-unsaturated/α-hetero) is 8. The van der Waals surface area contributed by atoms with E-state index >= 15 is 0 Å². The molecule has 0 N–H and O–H groups in total. The number of hydrogen-bond acceptors (Lipinski definition) is 8. The summed E-state index contributed by atoms with van der Waals surface area (Å²) in [6.07, 6.45) is 0. The Morgan fingerprint density at radius 3 is 0.303 bits per heavy atom. The Morgan fingerprint density at radius 2 is 0.227 bits per heavy atom. The van der Waals surface area contributed by atoms with Gasteiger partial charge in [-0.3, -0.25) is 38.4 Å². The van der Waals surface area contributed by atoms with Gasteiger partial charge in [0.15, 0.2) is 0 Å². The summed E-state index contributed by atoms with van der Waals surface area (Å²) >= 11 is 0. The number of ketones is 8. The zero-order valence-electron chi connectivity index (χ0n) is 35.4. The van der Waals surface area contributed by atoms with Crippen LogP contribution in [0.15, 0.2) is 243 Å². The fraction of sp³-hybridized carbons (Fsp3) is 0. The summed E-state index contributed by atoms with van der Waals surface area (Å²) in [5, 5.41) is 0. The Hall–Kier alpha value is -8.18. The Morgan fingerprint density at radius 1 is 0.152 bits per heavy atom.